The van der Waals surface area contributed by atoms with Crippen LogP contribution < -0.4 is 14.2 Å². The van der Waals surface area contributed by atoms with Gasteiger partial charge in [-0.05, 0) is 30.3 Å². The van der Waals surface area contributed by atoms with Gasteiger partial charge in [-0.2, -0.15) is 10.2 Å². The van der Waals surface area contributed by atoms with Crippen molar-refractivity contribution in [2.45, 2.75) is 0 Å². The predicted molar refractivity (Wildman–Crippen MR) is 124 cm³/mol. The van der Waals surface area contributed by atoms with E-state index in [0.29, 0.717) is 22.9 Å². The van der Waals surface area contributed by atoms with E-state index in [-0.39, 0.29) is 0 Å². The summed E-state index contributed by atoms with van der Waals surface area (Å²) in [6.07, 6.45) is 5.47. The van der Waals surface area contributed by atoms with E-state index in [4.69, 9.17) is 19.2 Å². The fourth-order valence-electron chi connectivity index (χ4n) is 3.88. The van der Waals surface area contributed by atoms with E-state index >= 15 is 0 Å². The molecule has 0 bridgehead atoms. The molecule has 0 aliphatic heterocycles. The third kappa shape index (κ3) is 3.53. The Labute approximate surface area is 190 Å². The number of rotatable bonds is 6. The van der Waals surface area contributed by atoms with Crippen molar-refractivity contribution in [3.8, 4) is 51.0 Å². The zero-order chi connectivity index (χ0) is 22.9. The average Bonchev–Trinajstić information content (AvgIpc) is 3.49. The standard InChI is InChI=1S/C24H22N6O3/c1-30-13-15(12-26-30)18-11-16(17-7-5-6-8-25-17)21-22(28-29-24(21)27-18)14-9-19(31-2)23(33-4)20(10-14)32-3/h5-13H,1-4H3,(H,27,28,29). The molecular formula is C24H22N6O3. The van der Waals surface area contributed by atoms with Crippen LogP contribution in [-0.4, -0.2) is 51.3 Å². The van der Waals surface area contributed by atoms with Crippen molar-refractivity contribution in [3.05, 3.63) is 55.0 Å². The molecule has 0 aliphatic rings. The Balaban J connectivity index is 1.79. The molecule has 0 saturated heterocycles. The number of pyridine rings is 2. The first-order valence-electron chi connectivity index (χ1n) is 10.2. The largest absolute Gasteiger partial charge is 0.493 e. The second kappa shape index (κ2) is 8.27. The summed E-state index contributed by atoms with van der Waals surface area (Å²) in [5.74, 6) is 1.62. The van der Waals surface area contributed by atoms with E-state index in [9.17, 15) is 0 Å². The molecule has 0 aliphatic carbocycles. The normalized spacial score (nSPS) is 11.0. The van der Waals surface area contributed by atoms with Gasteiger partial charge in [-0.15, -0.1) is 0 Å². The predicted octanol–water partition coefficient (Wildman–Crippen LogP) is 4.11. The minimum Gasteiger partial charge on any atom is -0.493 e. The number of nitrogens with zero attached hydrogens (tertiary/aromatic N) is 5. The molecule has 4 aromatic heterocycles. The first-order chi connectivity index (χ1) is 16.1. The second-order valence-electron chi connectivity index (χ2n) is 7.38. The molecule has 1 aromatic carbocycles. The summed E-state index contributed by atoms with van der Waals surface area (Å²) >= 11 is 0. The van der Waals surface area contributed by atoms with Crippen LogP contribution in [0.1, 0.15) is 0 Å². The first-order valence-corrected chi connectivity index (χ1v) is 10.2. The van der Waals surface area contributed by atoms with Gasteiger partial charge in [0.2, 0.25) is 5.75 Å². The lowest BCUT2D eigenvalue weighted by Gasteiger charge is -2.14. The van der Waals surface area contributed by atoms with Gasteiger partial charge >= 0.3 is 0 Å². The van der Waals surface area contributed by atoms with Crippen LogP contribution >= 0.6 is 0 Å². The molecule has 9 nitrogen and oxygen atoms in total. The topological polar surface area (TPSA) is 100.0 Å². The van der Waals surface area contributed by atoms with Crippen molar-refractivity contribution in [1.82, 2.24) is 29.9 Å². The molecule has 0 amide bonds. The number of ether oxygens (including phenoxy) is 3. The van der Waals surface area contributed by atoms with Crippen LogP contribution in [-0.2, 0) is 7.05 Å². The fraction of sp³-hybridized carbons (Fsp3) is 0.167. The van der Waals surface area contributed by atoms with Gasteiger partial charge in [-0.3, -0.25) is 14.8 Å². The minimum atomic E-state index is 0.523. The molecule has 0 unspecified atom stereocenters. The van der Waals surface area contributed by atoms with E-state index in [2.05, 4.69) is 20.3 Å². The number of aryl methyl sites for hydroxylation is 1. The SMILES string of the molecule is COc1cc(-c2[nH]nc3nc(-c4cnn(C)c4)cc(-c4ccccn4)c23)cc(OC)c1OC. The zero-order valence-corrected chi connectivity index (χ0v) is 18.7. The number of aromatic amines is 1. The molecule has 1 N–H and O–H groups in total. The van der Waals surface area contributed by atoms with Crippen LogP contribution in [0.5, 0.6) is 17.2 Å². The van der Waals surface area contributed by atoms with Crippen molar-refractivity contribution in [1.29, 1.82) is 0 Å². The Kier molecular flexibility index (Phi) is 5.14. The van der Waals surface area contributed by atoms with Crippen molar-refractivity contribution < 1.29 is 14.2 Å². The third-order valence-corrected chi connectivity index (χ3v) is 5.42. The fourth-order valence-corrected chi connectivity index (χ4v) is 3.88. The van der Waals surface area contributed by atoms with E-state index in [1.54, 1.807) is 38.4 Å². The lowest BCUT2D eigenvalue weighted by molar-refractivity contribution is 0.324. The molecule has 33 heavy (non-hydrogen) atoms. The summed E-state index contributed by atoms with van der Waals surface area (Å²) in [6.45, 7) is 0. The Hall–Kier alpha value is -4.40. The average molecular weight is 442 g/mol. The summed E-state index contributed by atoms with van der Waals surface area (Å²) in [4.78, 5) is 9.39. The number of aromatic nitrogens is 6. The number of hydrogen-bond donors (Lipinski definition) is 1. The first kappa shape index (κ1) is 20.5. The monoisotopic (exact) mass is 442 g/mol. The van der Waals surface area contributed by atoms with Gasteiger partial charge in [0.25, 0.3) is 0 Å². The molecule has 0 radical (unpaired) electrons. The molecule has 9 heteroatoms. The molecule has 4 heterocycles. The van der Waals surface area contributed by atoms with Crippen molar-refractivity contribution in [2.75, 3.05) is 21.3 Å². The van der Waals surface area contributed by atoms with Crippen LogP contribution in [0.25, 0.3) is 44.8 Å². The lowest BCUT2D eigenvalue weighted by atomic mass is 10.0. The van der Waals surface area contributed by atoms with Gasteiger partial charge < -0.3 is 14.2 Å². The maximum absolute atomic E-state index is 5.55. The summed E-state index contributed by atoms with van der Waals surface area (Å²) in [6, 6.07) is 11.6. The minimum absolute atomic E-state index is 0.523. The lowest BCUT2D eigenvalue weighted by Crippen LogP contribution is -1.96. The highest BCUT2D eigenvalue weighted by Crippen LogP contribution is 2.43. The molecule has 0 atom stereocenters. The molecular weight excluding hydrogens is 420 g/mol. The van der Waals surface area contributed by atoms with Crippen LogP contribution in [0.2, 0.25) is 0 Å². The molecule has 0 spiro atoms. The molecule has 0 fully saturated rings. The maximum atomic E-state index is 5.55. The molecule has 166 valence electrons. The van der Waals surface area contributed by atoms with Crippen LogP contribution in [0.15, 0.2) is 55.0 Å². The Morgan fingerprint density at radius 3 is 2.30 bits per heavy atom. The highest BCUT2D eigenvalue weighted by Gasteiger charge is 2.21. The summed E-state index contributed by atoms with van der Waals surface area (Å²) in [7, 11) is 6.63. The van der Waals surface area contributed by atoms with Gasteiger partial charge in [0.15, 0.2) is 17.1 Å². The van der Waals surface area contributed by atoms with E-state index in [0.717, 1.165) is 39.2 Å². The van der Waals surface area contributed by atoms with Gasteiger partial charge in [0.1, 0.15) is 0 Å². The quantitative estimate of drug-likeness (QED) is 0.422. The number of nitrogens with one attached hydrogen (secondary N) is 1. The maximum Gasteiger partial charge on any atom is 0.203 e. The summed E-state index contributed by atoms with van der Waals surface area (Å²) < 4.78 is 18.3. The smallest absolute Gasteiger partial charge is 0.203 e. The van der Waals surface area contributed by atoms with E-state index in [1.807, 2.05) is 49.6 Å². The number of H-pyrrole nitrogens is 1. The zero-order valence-electron chi connectivity index (χ0n) is 18.7. The van der Waals surface area contributed by atoms with Gasteiger partial charge in [0.05, 0.1) is 50.0 Å². The second-order valence-corrected chi connectivity index (χ2v) is 7.38. The van der Waals surface area contributed by atoms with Gasteiger partial charge in [0, 0.05) is 36.1 Å². The van der Waals surface area contributed by atoms with Crippen molar-refractivity contribution in [2.24, 2.45) is 7.05 Å². The van der Waals surface area contributed by atoms with Crippen molar-refractivity contribution in [3.63, 3.8) is 0 Å². The number of hydrogen-bond acceptors (Lipinski definition) is 7. The summed E-state index contributed by atoms with van der Waals surface area (Å²) in [5.41, 5.74) is 5.53. The summed E-state index contributed by atoms with van der Waals surface area (Å²) in [5, 5.41) is 12.8. The number of methoxy groups -OCH3 is 3. The van der Waals surface area contributed by atoms with E-state index < -0.39 is 0 Å². The Morgan fingerprint density at radius 1 is 0.909 bits per heavy atom. The highest BCUT2D eigenvalue weighted by atomic mass is 16.5. The molecule has 5 aromatic rings. The van der Waals surface area contributed by atoms with Crippen LogP contribution in [0.4, 0.5) is 0 Å². The van der Waals surface area contributed by atoms with Crippen LogP contribution in [0.3, 0.4) is 0 Å². The van der Waals surface area contributed by atoms with Crippen LogP contribution in [0, 0.1) is 0 Å². The molecule has 0 saturated carbocycles. The van der Waals surface area contributed by atoms with Crippen molar-refractivity contribution >= 4 is 11.0 Å². The number of fused-ring (bicyclic) bond motifs is 1. The van der Waals surface area contributed by atoms with Gasteiger partial charge in [-0.25, -0.2) is 4.98 Å². The Morgan fingerprint density at radius 2 is 1.70 bits per heavy atom. The third-order valence-electron chi connectivity index (χ3n) is 5.42. The highest BCUT2D eigenvalue weighted by molar-refractivity contribution is 6.03. The van der Waals surface area contributed by atoms with Gasteiger partial charge in [-0.1, -0.05) is 6.07 Å². The Bertz CT molecular complexity index is 1420. The number of benzene rings is 1. The van der Waals surface area contributed by atoms with E-state index in [1.165, 1.54) is 0 Å². The molecule has 5 rings (SSSR count).